The minimum atomic E-state index is -0.948. The van der Waals surface area contributed by atoms with Gasteiger partial charge in [-0.2, -0.15) is 0 Å². The van der Waals surface area contributed by atoms with Gasteiger partial charge in [0.1, 0.15) is 0 Å². The van der Waals surface area contributed by atoms with Gasteiger partial charge < -0.3 is 15.5 Å². The Bertz CT molecular complexity index is 343. The predicted octanol–water partition coefficient (Wildman–Crippen LogP) is 0.423. The van der Waals surface area contributed by atoms with Gasteiger partial charge in [-0.05, 0) is 12.1 Å². The number of hydrogen-bond donors (Lipinski definition) is 3. The monoisotopic (exact) mass is 229 g/mol. The molecule has 1 atom stereocenters. The first-order chi connectivity index (χ1) is 7.15. The van der Waals surface area contributed by atoms with E-state index in [1.807, 2.05) is 0 Å². The summed E-state index contributed by atoms with van der Waals surface area (Å²) < 4.78 is 0. The molecule has 0 aliphatic heterocycles. The Labute approximate surface area is 92.5 Å². The minimum Gasteiger partial charge on any atom is -0.394 e. The van der Waals surface area contributed by atoms with Crippen LogP contribution in [0.25, 0.3) is 0 Å². The largest absolute Gasteiger partial charge is 0.394 e. The summed E-state index contributed by atoms with van der Waals surface area (Å²) in [5.74, 6) is -0.367. The summed E-state index contributed by atoms with van der Waals surface area (Å²) >= 11 is 5.80. The SMILES string of the molecule is O=C(NCC(O)CO)c1ccccc1Cl. The molecular formula is C10H12ClNO3. The lowest BCUT2D eigenvalue weighted by atomic mass is 10.2. The fourth-order valence-corrected chi connectivity index (χ4v) is 1.24. The van der Waals surface area contributed by atoms with Crippen molar-refractivity contribution in [2.75, 3.05) is 13.2 Å². The molecule has 1 rings (SSSR count). The van der Waals surface area contributed by atoms with E-state index in [4.69, 9.17) is 21.8 Å². The number of aliphatic hydroxyl groups is 2. The predicted molar refractivity (Wildman–Crippen MR) is 56.9 cm³/mol. The molecule has 4 nitrogen and oxygen atoms in total. The molecule has 15 heavy (non-hydrogen) atoms. The Morgan fingerprint density at radius 3 is 2.73 bits per heavy atom. The molecule has 0 saturated carbocycles. The summed E-state index contributed by atoms with van der Waals surface area (Å²) in [5, 5.41) is 20.4. The van der Waals surface area contributed by atoms with E-state index in [1.165, 1.54) is 0 Å². The minimum absolute atomic E-state index is 0.000552. The highest BCUT2D eigenvalue weighted by molar-refractivity contribution is 6.33. The molecule has 0 saturated heterocycles. The molecule has 0 spiro atoms. The lowest BCUT2D eigenvalue weighted by Crippen LogP contribution is -2.33. The van der Waals surface area contributed by atoms with Gasteiger partial charge in [-0.3, -0.25) is 4.79 Å². The standard InChI is InChI=1S/C10H12ClNO3/c11-9-4-2-1-3-8(9)10(15)12-5-7(14)6-13/h1-4,7,13-14H,5-6H2,(H,12,15). The molecule has 1 aromatic carbocycles. The van der Waals surface area contributed by atoms with Crippen molar-refractivity contribution in [3.8, 4) is 0 Å². The molecule has 0 radical (unpaired) electrons. The maximum absolute atomic E-state index is 11.5. The van der Waals surface area contributed by atoms with Crippen molar-refractivity contribution >= 4 is 17.5 Å². The van der Waals surface area contributed by atoms with Gasteiger partial charge in [0.2, 0.25) is 0 Å². The lowest BCUT2D eigenvalue weighted by Gasteiger charge is -2.09. The van der Waals surface area contributed by atoms with E-state index in [2.05, 4.69) is 5.32 Å². The number of carbonyl (C=O) groups is 1. The van der Waals surface area contributed by atoms with Gasteiger partial charge in [-0.15, -0.1) is 0 Å². The van der Waals surface area contributed by atoms with Crippen LogP contribution in [0, 0.1) is 0 Å². The Balaban J connectivity index is 2.58. The van der Waals surface area contributed by atoms with E-state index in [-0.39, 0.29) is 19.1 Å². The quantitative estimate of drug-likeness (QED) is 0.701. The van der Waals surface area contributed by atoms with E-state index in [0.717, 1.165) is 0 Å². The number of amides is 1. The third kappa shape index (κ3) is 3.51. The van der Waals surface area contributed by atoms with Gasteiger partial charge >= 0.3 is 0 Å². The van der Waals surface area contributed by atoms with E-state index in [9.17, 15) is 4.79 Å². The second kappa shape index (κ2) is 5.70. The number of nitrogens with one attached hydrogen (secondary N) is 1. The van der Waals surface area contributed by atoms with Gasteiger partial charge in [0.15, 0.2) is 0 Å². The van der Waals surface area contributed by atoms with Crippen LogP contribution in [0.3, 0.4) is 0 Å². The third-order valence-electron chi connectivity index (χ3n) is 1.83. The van der Waals surface area contributed by atoms with Crippen LogP contribution >= 0.6 is 11.6 Å². The Hall–Kier alpha value is -1.10. The number of carbonyl (C=O) groups excluding carboxylic acids is 1. The second-order valence-electron chi connectivity index (χ2n) is 3.03. The molecule has 5 heteroatoms. The van der Waals surface area contributed by atoms with Crippen LogP contribution in [-0.2, 0) is 0 Å². The number of aliphatic hydroxyl groups excluding tert-OH is 2. The highest BCUT2D eigenvalue weighted by Gasteiger charge is 2.10. The number of rotatable bonds is 4. The first-order valence-corrected chi connectivity index (χ1v) is 4.84. The van der Waals surface area contributed by atoms with Crippen LogP contribution in [0.5, 0.6) is 0 Å². The van der Waals surface area contributed by atoms with Gasteiger partial charge in [-0.1, -0.05) is 23.7 Å². The maximum atomic E-state index is 11.5. The zero-order chi connectivity index (χ0) is 11.3. The maximum Gasteiger partial charge on any atom is 0.252 e. The van der Waals surface area contributed by atoms with Crippen LogP contribution in [0.1, 0.15) is 10.4 Å². The molecule has 0 bridgehead atoms. The van der Waals surface area contributed by atoms with Gasteiger partial charge in [0.05, 0.1) is 23.3 Å². The van der Waals surface area contributed by atoms with E-state index in [1.54, 1.807) is 24.3 Å². The molecule has 82 valence electrons. The second-order valence-corrected chi connectivity index (χ2v) is 3.43. The van der Waals surface area contributed by atoms with Crippen molar-refractivity contribution in [3.63, 3.8) is 0 Å². The Morgan fingerprint density at radius 1 is 1.47 bits per heavy atom. The van der Waals surface area contributed by atoms with Crippen LogP contribution in [-0.4, -0.2) is 35.4 Å². The Morgan fingerprint density at radius 2 is 2.13 bits per heavy atom. The molecule has 0 heterocycles. The molecule has 1 aromatic rings. The average molecular weight is 230 g/mol. The first kappa shape index (κ1) is 12.0. The number of benzene rings is 1. The van der Waals surface area contributed by atoms with Crippen LogP contribution in [0.2, 0.25) is 5.02 Å². The van der Waals surface area contributed by atoms with Crippen molar-refractivity contribution < 1.29 is 15.0 Å². The average Bonchev–Trinajstić information content (AvgIpc) is 2.26. The molecule has 0 aliphatic carbocycles. The topological polar surface area (TPSA) is 69.6 Å². The van der Waals surface area contributed by atoms with Gasteiger partial charge in [0, 0.05) is 6.54 Å². The van der Waals surface area contributed by atoms with E-state index >= 15 is 0 Å². The van der Waals surface area contributed by atoms with Crippen molar-refractivity contribution in [3.05, 3.63) is 34.9 Å². The van der Waals surface area contributed by atoms with E-state index < -0.39 is 6.10 Å². The Kier molecular flexibility index (Phi) is 4.55. The summed E-state index contributed by atoms with van der Waals surface area (Å²) in [7, 11) is 0. The molecular weight excluding hydrogens is 218 g/mol. The number of halogens is 1. The molecule has 1 amide bonds. The fourth-order valence-electron chi connectivity index (χ4n) is 1.02. The van der Waals surface area contributed by atoms with Crippen molar-refractivity contribution in [1.82, 2.24) is 5.32 Å². The number of hydrogen-bond acceptors (Lipinski definition) is 3. The van der Waals surface area contributed by atoms with Crippen LogP contribution in [0.4, 0.5) is 0 Å². The zero-order valence-corrected chi connectivity index (χ0v) is 8.74. The lowest BCUT2D eigenvalue weighted by molar-refractivity contribution is 0.0802. The normalized spacial score (nSPS) is 12.2. The molecule has 1 unspecified atom stereocenters. The highest BCUT2D eigenvalue weighted by Crippen LogP contribution is 2.14. The summed E-state index contributed by atoms with van der Waals surface area (Å²) in [5.41, 5.74) is 0.351. The molecule has 0 aromatic heterocycles. The smallest absolute Gasteiger partial charge is 0.252 e. The third-order valence-corrected chi connectivity index (χ3v) is 2.16. The summed E-state index contributed by atoms with van der Waals surface area (Å²) in [6.07, 6.45) is -0.948. The van der Waals surface area contributed by atoms with E-state index in [0.29, 0.717) is 10.6 Å². The summed E-state index contributed by atoms with van der Waals surface area (Å²) in [6.45, 7) is -0.386. The van der Waals surface area contributed by atoms with Gasteiger partial charge in [0.25, 0.3) is 5.91 Å². The van der Waals surface area contributed by atoms with Crippen LogP contribution < -0.4 is 5.32 Å². The zero-order valence-electron chi connectivity index (χ0n) is 7.98. The molecule has 3 N–H and O–H groups in total. The first-order valence-electron chi connectivity index (χ1n) is 4.46. The van der Waals surface area contributed by atoms with Gasteiger partial charge in [-0.25, -0.2) is 0 Å². The molecule has 0 aliphatic rings. The highest BCUT2D eigenvalue weighted by atomic mass is 35.5. The fraction of sp³-hybridized carbons (Fsp3) is 0.300. The summed E-state index contributed by atoms with van der Waals surface area (Å²) in [6, 6.07) is 6.62. The molecule has 0 fully saturated rings. The van der Waals surface area contributed by atoms with Crippen molar-refractivity contribution in [1.29, 1.82) is 0 Å². The van der Waals surface area contributed by atoms with Crippen molar-refractivity contribution in [2.24, 2.45) is 0 Å². The van der Waals surface area contributed by atoms with Crippen molar-refractivity contribution in [2.45, 2.75) is 6.10 Å². The van der Waals surface area contributed by atoms with Crippen LogP contribution in [0.15, 0.2) is 24.3 Å². The summed E-state index contributed by atoms with van der Waals surface area (Å²) in [4.78, 5) is 11.5.